The van der Waals surface area contributed by atoms with Gasteiger partial charge in [0.05, 0.1) is 16.3 Å². The van der Waals surface area contributed by atoms with E-state index in [4.69, 9.17) is 25.9 Å². The molecule has 2 aromatic rings. The molecule has 0 spiro atoms. The highest BCUT2D eigenvalue weighted by Crippen LogP contribution is 2.33. The van der Waals surface area contributed by atoms with Gasteiger partial charge in [-0.1, -0.05) is 28.9 Å². The molecule has 0 bridgehead atoms. The van der Waals surface area contributed by atoms with Gasteiger partial charge in [-0.3, -0.25) is 9.69 Å². The Morgan fingerprint density at radius 1 is 1.13 bits per heavy atom. The minimum absolute atomic E-state index is 0.131. The Balaban J connectivity index is 1.15. The molecule has 3 aliphatic heterocycles. The van der Waals surface area contributed by atoms with Crippen LogP contribution in [0.1, 0.15) is 17.5 Å². The number of amides is 1. The lowest BCUT2D eigenvalue weighted by molar-refractivity contribution is -0.143. The number of benzene rings is 2. The standard InChI is InChI=1S/C22H21ClFN3O4/c23-15-2-1-3-16(24)21(15)17-11-20(31-25-17)22(28)27-8-6-26(7-9-27)12-14-4-5-18-19(10-14)30-13-29-18/h1-5,10,20H,6-9,11-13H2/t20-/m0/s1. The third-order valence-electron chi connectivity index (χ3n) is 5.72. The van der Waals surface area contributed by atoms with Gasteiger partial charge in [-0.25, -0.2) is 4.39 Å². The van der Waals surface area contributed by atoms with Crippen LogP contribution in [-0.4, -0.2) is 60.5 Å². The molecule has 2 aromatic carbocycles. The van der Waals surface area contributed by atoms with Crippen molar-refractivity contribution in [1.82, 2.24) is 9.80 Å². The Labute approximate surface area is 183 Å². The maximum Gasteiger partial charge on any atom is 0.266 e. The first-order valence-corrected chi connectivity index (χ1v) is 10.5. The molecule has 1 atom stereocenters. The van der Waals surface area contributed by atoms with Crippen LogP contribution in [0.15, 0.2) is 41.6 Å². The van der Waals surface area contributed by atoms with Crippen molar-refractivity contribution in [3.05, 3.63) is 58.4 Å². The molecule has 0 aliphatic carbocycles. The largest absolute Gasteiger partial charge is 0.454 e. The molecule has 162 valence electrons. The molecule has 3 aliphatic rings. The molecule has 0 unspecified atom stereocenters. The number of hydrogen-bond donors (Lipinski definition) is 0. The summed E-state index contributed by atoms with van der Waals surface area (Å²) in [6, 6.07) is 10.4. The Kier molecular flexibility index (Phi) is 5.41. The van der Waals surface area contributed by atoms with Gasteiger partial charge >= 0.3 is 0 Å². The number of hydrogen-bond acceptors (Lipinski definition) is 6. The van der Waals surface area contributed by atoms with E-state index in [1.54, 1.807) is 11.0 Å². The summed E-state index contributed by atoms with van der Waals surface area (Å²) in [5.41, 5.74) is 1.71. The molecule has 1 amide bonds. The summed E-state index contributed by atoms with van der Waals surface area (Å²) in [5, 5.41) is 4.19. The van der Waals surface area contributed by atoms with Gasteiger partial charge in [0, 0.05) is 39.1 Å². The molecule has 3 heterocycles. The SMILES string of the molecule is O=C([C@@H]1CC(c2c(F)cccc2Cl)=NO1)N1CCN(Cc2ccc3c(c2)OCO3)CC1. The molecule has 31 heavy (non-hydrogen) atoms. The highest BCUT2D eigenvalue weighted by Gasteiger charge is 2.35. The summed E-state index contributed by atoms with van der Waals surface area (Å²) in [6.07, 6.45) is -0.539. The smallest absolute Gasteiger partial charge is 0.266 e. The van der Waals surface area contributed by atoms with Crippen molar-refractivity contribution in [1.29, 1.82) is 0 Å². The van der Waals surface area contributed by atoms with Gasteiger partial charge in [0.25, 0.3) is 5.91 Å². The maximum atomic E-state index is 14.1. The Bertz CT molecular complexity index is 1020. The average Bonchev–Trinajstić information content (AvgIpc) is 3.43. The van der Waals surface area contributed by atoms with Gasteiger partial charge in [-0.2, -0.15) is 0 Å². The molecular weight excluding hydrogens is 425 g/mol. The first kappa shape index (κ1) is 20.1. The fourth-order valence-corrected chi connectivity index (χ4v) is 4.33. The number of ether oxygens (including phenoxy) is 2. The molecule has 1 saturated heterocycles. The monoisotopic (exact) mass is 445 g/mol. The normalized spacial score (nSPS) is 20.5. The second kappa shape index (κ2) is 8.36. The maximum absolute atomic E-state index is 14.1. The van der Waals surface area contributed by atoms with Gasteiger partial charge in [-0.05, 0) is 29.8 Å². The predicted octanol–water partition coefficient (Wildman–Crippen LogP) is 3.05. The van der Waals surface area contributed by atoms with Crippen molar-refractivity contribution in [2.75, 3.05) is 33.0 Å². The van der Waals surface area contributed by atoms with Crippen LogP contribution in [0.25, 0.3) is 0 Å². The lowest BCUT2D eigenvalue weighted by Gasteiger charge is -2.35. The quantitative estimate of drug-likeness (QED) is 0.723. The van der Waals surface area contributed by atoms with Crippen molar-refractivity contribution in [2.24, 2.45) is 5.16 Å². The van der Waals surface area contributed by atoms with Crippen LogP contribution in [0.4, 0.5) is 4.39 Å². The van der Waals surface area contributed by atoms with E-state index in [0.717, 1.165) is 36.7 Å². The Morgan fingerprint density at radius 3 is 2.74 bits per heavy atom. The number of oxime groups is 1. The van der Waals surface area contributed by atoms with Crippen LogP contribution in [0, 0.1) is 5.82 Å². The van der Waals surface area contributed by atoms with Crippen LogP contribution >= 0.6 is 11.6 Å². The van der Waals surface area contributed by atoms with Crippen LogP contribution in [-0.2, 0) is 16.2 Å². The van der Waals surface area contributed by atoms with Crippen molar-refractivity contribution in [3.8, 4) is 11.5 Å². The van der Waals surface area contributed by atoms with Crippen molar-refractivity contribution >= 4 is 23.2 Å². The lowest BCUT2D eigenvalue weighted by Crippen LogP contribution is -2.51. The first-order valence-electron chi connectivity index (χ1n) is 10.2. The molecule has 1 fully saturated rings. The summed E-state index contributed by atoms with van der Waals surface area (Å²) < 4.78 is 24.9. The number of halogens is 2. The van der Waals surface area contributed by atoms with E-state index in [0.29, 0.717) is 18.8 Å². The van der Waals surface area contributed by atoms with E-state index in [2.05, 4.69) is 10.1 Å². The zero-order valence-electron chi connectivity index (χ0n) is 16.7. The third kappa shape index (κ3) is 4.05. The second-order valence-electron chi connectivity index (χ2n) is 7.72. The van der Waals surface area contributed by atoms with Crippen LogP contribution < -0.4 is 9.47 Å². The van der Waals surface area contributed by atoms with Gasteiger partial charge in [-0.15, -0.1) is 0 Å². The third-order valence-corrected chi connectivity index (χ3v) is 6.04. The summed E-state index contributed by atoms with van der Waals surface area (Å²) in [7, 11) is 0. The molecule has 0 aromatic heterocycles. The van der Waals surface area contributed by atoms with E-state index >= 15 is 0 Å². The summed E-state index contributed by atoms with van der Waals surface area (Å²) in [4.78, 5) is 22.3. The molecular formula is C22H21ClFN3O4. The molecule has 0 radical (unpaired) electrons. The fourth-order valence-electron chi connectivity index (χ4n) is 4.06. The van der Waals surface area contributed by atoms with Gasteiger partial charge < -0.3 is 19.2 Å². The molecule has 0 saturated carbocycles. The Hall–Kier alpha value is -2.84. The van der Waals surface area contributed by atoms with E-state index in [1.807, 2.05) is 18.2 Å². The van der Waals surface area contributed by atoms with Gasteiger partial charge in [0.2, 0.25) is 12.9 Å². The van der Waals surface area contributed by atoms with Crippen LogP contribution in [0.3, 0.4) is 0 Å². The molecule has 5 rings (SSSR count). The molecule has 0 N–H and O–H groups in total. The van der Waals surface area contributed by atoms with E-state index in [-0.39, 0.29) is 29.7 Å². The number of carbonyl (C=O) groups excluding carboxylic acids is 1. The average molecular weight is 446 g/mol. The zero-order valence-corrected chi connectivity index (χ0v) is 17.5. The van der Waals surface area contributed by atoms with E-state index < -0.39 is 11.9 Å². The summed E-state index contributed by atoms with van der Waals surface area (Å²) >= 11 is 6.11. The number of fused-ring (bicyclic) bond motifs is 1. The van der Waals surface area contributed by atoms with Crippen LogP contribution in [0.5, 0.6) is 11.5 Å². The first-order chi connectivity index (χ1) is 15.1. The lowest BCUT2D eigenvalue weighted by atomic mass is 10.0. The number of nitrogens with zero attached hydrogens (tertiary/aromatic N) is 3. The minimum atomic E-state index is -0.744. The molecule has 7 nitrogen and oxygen atoms in total. The van der Waals surface area contributed by atoms with Gasteiger partial charge in [0.15, 0.2) is 11.5 Å². The summed E-state index contributed by atoms with van der Waals surface area (Å²) in [6.45, 7) is 3.73. The highest BCUT2D eigenvalue weighted by molar-refractivity contribution is 6.34. The van der Waals surface area contributed by atoms with E-state index in [9.17, 15) is 9.18 Å². The van der Waals surface area contributed by atoms with Crippen LogP contribution in [0.2, 0.25) is 5.02 Å². The topological polar surface area (TPSA) is 63.6 Å². The summed E-state index contributed by atoms with van der Waals surface area (Å²) in [5.74, 6) is 0.943. The number of rotatable bonds is 4. The highest BCUT2D eigenvalue weighted by atomic mass is 35.5. The van der Waals surface area contributed by atoms with E-state index in [1.165, 1.54) is 12.1 Å². The fraction of sp³-hybridized carbons (Fsp3) is 0.364. The second-order valence-corrected chi connectivity index (χ2v) is 8.13. The predicted molar refractivity (Wildman–Crippen MR) is 112 cm³/mol. The van der Waals surface area contributed by atoms with Crippen molar-refractivity contribution in [3.63, 3.8) is 0 Å². The number of piperazine rings is 1. The number of carbonyl (C=O) groups is 1. The zero-order chi connectivity index (χ0) is 21.4. The van der Waals surface area contributed by atoms with Crippen molar-refractivity contribution in [2.45, 2.75) is 19.1 Å². The Morgan fingerprint density at radius 2 is 1.94 bits per heavy atom. The van der Waals surface area contributed by atoms with Gasteiger partial charge in [0.1, 0.15) is 5.82 Å². The molecule has 9 heteroatoms. The van der Waals surface area contributed by atoms with Crippen molar-refractivity contribution < 1.29 is 23.5 Å². The minimum Gasteiger partial charge on any atom is -0.454 e.